The van der Waals surface area contributed by atoms with Crippen molar-refractivity contribution in [3.8, 4) is 0 Å². The molecule has 0 spiro atoms. The smallest absolute Gasteiger partial charge is 0.135 e. The van der Waals surface area contributed by atoms with Crippen LogP contribution in [0.4, 0.5) is 0 Å². The molecule has 2 heterocycles. The second-order valence-electron chi connectivity index (χ2n) is 2.94. The first-order valence-electron chi connectivity index (χ1n) is 3.79. The Balaban J connectivity index is 2.68. The molecule has 0 aromatic carbocycles. The topological polar surface area (TPSA) is 22.2 Å². The van der Waals surface area contributed by atoms with Crippen LogP contribution in [-0.4, -0.2) is 14.2 Å². The van der Waals surface area contributed by atoms with E-state index in [0.29, 0.717) is 6.04 Å². The number of nitrogens with zero attached hydrogens (tertiary/aromatic N) is 3. The lowest BCUT2D eigenvalue weighted by atomic mass is 10.4. The van der Waals surface area contributed by atoms with E-state index >= 15 is 0 Å². The van der Waals surface area contributed by atoms with Crippen LogP contribution in [0.15, 0.2) is 24.7 Å². The fourth-order valence-electron chi connectivity index (χ4n) is 1.23. The average Bonchev–Trinajstić information content (AvgIpc) is 2.41. The van der Waals surface area contributed by atoms with Gasteiger partial charge in [0.1, 0.15) is 12.0 Å². The number of hydrogen-bond donors (Lipinski definition) is 0. The van der Waals surface area contributed by atoms with Crippen LogP contribution in [0.5, 0.6) is 0 Å². The molecule has 0 saturated carbocycles. The van der Waals surface area contributed by atoms with Gasteiger partial charge < -0.3 is 4.57 Å². The van der Waals surface area contributed by atoms with E-state index < -0.39 is 0 Å². The largest absolute Gasteiger partial charge is 0.313 e. The molecule has 0 N–H and O–H groups in total. The Morgan fingerprint density at radius 1 is 1.45 bits per heavy atom. The van der Waals surface area contributed by atoms with Crippen LogP contribution >= 0.6 is 0 Å². The van der Waals surface area contributed by atoms with E-state index in [2.05, 4.69) is 29.6 Å². The molecule has 0 unspecified atom stereocenters. The lowest BCUT2D eigenvalue weighted by molar-refractivity contribution is 0.617. The first-order valence-corrected chi connectivity index (χ1v) is 3.79. The van der Waals surface area contributed by atoms with Crippen LogP contribution in [0.1, 0.15) is 19.9 Å². The Morgan fingerprint density at radius 3 is 3.00 bits per heavy atom. The number of aromatic nitrogens is 3. The predicted molar refractivity (Wildman–Crippen MR) is 43.6 cm³/mol. The van der Waals surface area contributed by atoms with Crippen LogP contribution in [0.25, 0.3) is 5.65 Å². The Bertz CT molecular complexity index is 356. The summed E-state index contributed by atoms with van der Waals surface area (Å²) in [6.07, 6.45) is 3.81. The van der Waals surface area contributed by atoms with Crippen molar-refractivity contribution in [1.29, 1.82) is 0 Å². The molecule has 2 rings (SSSR count). The zero-order valence-corrected chi connectivity index (χ0v) is 6.73. The van der Waals surface area contributed by atoms with Crippen molar-refractivity contribution in [1.82, 2.24) is 14.2 Å². The van der Waals surface area contributed by atoms with Crippen LogP contribution in [0, 0.1) is 0 Å². The lowest BCUT2D eigenvalue weighted by Crippen LogP contribution is -1.97. The van der Waals surface area contributed by atoms with Crippen molar-refractivity contribution in [3.05, 3.63) is 24.7 Å². The summed E-state index contributed by atoms with van der Waals surface area (Å²) in [6.45, 7) is 4.30. The molecule has 3 nitrogen and oxygen atoms in total. The molecule has 0 radical (unpaired) electrons. The van der Waals surface area contributed by atoms with Crippen molar-refractivity contribution >= 4 is 5.65 Å². The van der Waals surface area contributed by atoms with Gasteiger partial charge in [0.05, 0.1) is 0 Å². The maximum absolute atomic E-state index is 4.18. The van der Waals surface area contributed by atoms with E-state index in [4.69, 9.17) is 0 Å². The quantitative estimate of drug-likeness (QED) is 0.605. The molecule has 0 saturated heterocycles. The third-order valence-corrected chi connectivity index (χ3v) is 1.83. The third-order valence-electron chi connectivity index (χ3n) is 1.83. The summed E-state index contributed by atoms with van der Waals surface area (Å²) in [6, 6.07) is 4.55. The summed E-state index contributed by atoms with van der Waals surface area (Å²) in [5.41, 5.74) is 1.15. The Labute approximate surface area is 65.3 Å². The first kappa shape index (κ1) is 6.46. The van der Waals surface area contributed by atoms with E-state index in [0.717, 1.165) is 5.65 Å². The second kappa shape index (κ2) is 2.12. The molecule has 0 fully saturated rings. The highest BCUT2D eigenvalue weighted by molar-refractivity contribution is 5.38. The molecule has 11 heavy (non-hydrogen) atoms. The van der Waals surface area contributed by atoms with Crippen LogP contribution in [0.3, 0.4) is 0 Å². The van der Waals surface area contributed by atoms with E-state index in [1.165, 1.54) is 0 Å². The second-order valence-corrected chi connectivity index (χ2v) is 2.94. The van der Waals surface area contributed by atoms with E-state index in [-0.39, 0.29) is 0 Å². The number of rotatable bonds is 1. The molecule has 58 valence electrons. The van der Waals surface area contributed by atoms with E-state index in [9.17, 15) is 0 Å². The summed E-state index contributed by atoms with van der Waals surface area (Å²) in [5, 5.41) is 4.18. The molecule has 0 bridgehead atoms. The Kier molecular flexibility index (Phi) is 1.24. The van der Waals surface area contributed by atoms with Gasteiger partial charge in [0.25, 0.3) is 0 Å². The molecule has 2 aromatic heterocycles. The Morgan fingerprint density at radius 2 is 2.27 bits per heavy atom. The highest BCUT2D eigenvalue weighted by atomic mass is 15.3. The fourth-order valence-corrected chi connectivity index (χ4v) is 1.23. The van der Waals surface area contributed by atoms with Gasteiger partial charge in [0.2, 0.25) is 0 Å². The SMILES string of the molecule is CC(C)n1cnn2cccc12. The minimum atomic E-state index is 0.481. The average molecular weight is 149 g/mol. The zero-order valence-electron chi connectivity index (χ0n) is 6.73. The standard InChI is InChI=1S/C8H11N3/c1-7(2)10-6-9-11-5-3-4-8(10)11/h3-7H,1-2H3. The predicted octanol–water partition coefficient (Wildman–Crippen LogP) is 1.72. The molecule has 2 aromatic rings. The highest BCUT2D eigenvalue weighted by Crippen LogP contribution is 2.10. The minimum absolute atomic E-state index is 0.481. The van der Waals surface area contributed by atoms with Crippen LogP contribution in [-0.2, 0) is 0 Å². The van der Waals surface area contributed by atoms with Crippen molar-refractivity contribution in [2.45, 2.75) is 19.9 Å². The van der Waals surface area contributed by atoms with Crippen LogP contribution in [0.2, 0.25) is 0 Å². The summed E-state index contributed by atoms with van der Waals surface area (Å²) in [7, 11) is 0. The van der Waals surface area contributed by atoms with Gasteiger partial charge in [-0.15, -0.1) is 0 Å². The Hall–Kier alpha value is -1.25. The molecule has 0 aliphatic rings. The molecule has 0 aliphatic heterocycles. The van der Waals surface area contributed by atoms with Gasteiger partial charge in [-0.05, 0) is 26.0 Å². The first-order chi connectivity index (χ1) is 5.29. The molecule has 0 aliphatic carbocycles. The summed E-state index contributed by atoms with van der Waals surface area (Å²) >= 11 is 0. The van der Waals surface area contributed by atoms with E-state index in [1.807, 2.05) is 23.1 Å². The highest BCUT2D eigenvalue weighted by Gasteiger charge is 2.02. The van der Waals surface area contributed by atoms with Gasteiger partial charge in [-0.2, -0.15) is 5.10 Å². The molecular weight excluding hydrogens is 138 g/mol. The van der Waals surface area contributed by atoms with Gasteiger partial charge in [-0.1, -0.05) is 0 Å². The van der Waals surface area contributed by atoms with Gasteiger partial charge >= 0.3 is 0 Å². The van der Waals surface area contributed by atoms with Crippen molar-refractivity contribution in [3.63, 3.8) is 0 Å². The zero-order chi connectivity index (χ0) is 7.84. The molecule has 0 amide bonds. The maximum Gasteiger partial charge on any atom is 0.135 e. The maximum atomic E-state index is 4.18. The fraction of sp³-hybridized carbons (Fsp3) is 0.375. The normalized spacial score (nSPS) is 11.5. The van der Waals surface area contributed by atoms with E-state index in [1.54, 1.807) is 0 Å². The van der Waals surface area contributed by atoms with Crippen molar-refractivity contribution in [2.75, 3.05) is 0 Å². The third kappa shape index (κ3) is 0.843. The number of fused-ring (bicyclic) bond motifs is 1. The monoisotopic (exact) mass is 149 g/mol. The van der Waals surface area contributed by atoms with Gasteiger partial charge in [-0.3, -0.25) is 0 Å². The summed E-state index contributed by atoms with van der Waals surface area (Å²) in [4.78, 5) is 0. The molecule has 0 atom stereocenters. The molecule has 3 heteroatoms. The summed E-state index contributed by atoms with van der Waals surface area (Å²) in [5.74, 6) is 0. The number of hydrogen-bond acceptors (Lipinski definition) is 1. The minimum Gasteiger partial charge on any atom is -0.313 e. The van der Waals surface area contributed by atoms with Gasteiger partial charge in [0.15, 0.2) is 0 Å². The van der Waals surface area contributed by atoms with Crippen molar-refractivity contribution < 1.29 is 0 Å². The van der Waals surface area contributed by atoms with Gasteiger partial charge in [-0.25, -0.2) is 4.52 Å². The van der Waals surface area contributed by atoms with Gasteiger partial charge in [0, 0.05) is 12.2 Å². The van der Waals surface area contributed by atoms with Crippen molar-refractivity contribution in [2.24, 2.45) is 0 Å². The summed E-state index contributed by atoms with van der Waals surface area (Å²) < 4.78 is 4.01. The lowest BCUT2D eigenvalue weighted by Gasteiger charge is -2.04. The van der Waals surface area contributed by atoms with Crippen LogP contribution < -0.4 is 0 Å². The molecular formula is C8H11N3.